The Hall–Kier alpha value is -0.490. The lowest BCUT2D eigenvalue weighted by Gasteiger charge is -2.40. The van der Waals surface area contributed by atoms with Crippen LogP contribution in [0.4, 0.5) is 0 Å². The minimum absolute atomic E-state index is 0.0990. The number of methoxy groups -OCH3 is 1. The van der Waals surface area contributed by atoms with Gasteiger partial charge in [-0.1, -0.05) is 20.8 Å². The molecule has 0 saturated heterocycles. The molecular weight excluding hydrogens is 332 g/mol. The highest BCUT2D eigenvalue weighted by Gasteiger charge is 2.64. The summed E-state index contributed by atoms with van der Waals surface area (Å²) in [5, 5.41) is 32.9. The maximum Gasteiger partial charge on any atom is 0.145 e. The maximum absolute atomic E-state index is 13.8. The van der Waals surface area contributed by atoms with Crippen LogP contribution in [0.5, 0.6) is 0 Å². The summed E-state index contributed by atoms with van der Waals surface area (Å²) in [6, 6.07) is 0. The average molecular weight is 369 g/mol. The number of aliphatic hydroxyl groups is 3. The fourth-order valence-corrected chi connectivity index (χ4v) is 6.61. The molecule has 0 heterocycles. The number of carbonyl (C=O) groups is 1. The number of hydrogen-bond donors (Lipinski definition) is 3. The smallest absolute Gasteiger partial charge is 0.145 e. The van der Waals surface area contributed by atoms with Crippen LogP contribution in [0.15, 0.2) is 0 Å². The molecule has 9 atom stereocenters. The molecule has 0 aromatic carbocycles. The lowest BCUT2D eigenvalue weighted by molar-refractivity contribution is -0.142. The predicted octanol–water partition coefficient (Wildman–Crippen LogP) is 2.16. The van der Waals surface area contributed by atoms with Gasteiger partial charge in [0.2, 0.25) is 0 Å². The average Bonchev–Trinajstić information content (AvgIpc) is 2.92. The van der Waals surface area contributed by atoms with Crippen LogP contribution in [0.2, 0.25) is 0 Å². The number of ether oxygens (including phenoxy) is 1. The molecule has 3 aliphatic carbocycles. The minimum Gasteiger partial charge on any atom is -0.392 e. The van der Waals surface area contributed by atoms with Crippen LogP contribution in [0, 0.1) is 34.5 Å². The van der Waals surface area contributed by atoms with Crippen LogP contribution in [0.1, 0.15) is 60.3 Å². The van der Waals surface area contributed by atoms with Crippen LogP contribution in [0.3, 0.4) is 0 Å². The van der Waals surface area contributed by atoms with Gasteiger partial charge in [-0.2, -0.15) is 0 Å². The van der Waals surface area contributed by atoms with Crippen molar-refractivity contribution >= 4 is 5.78 Å². The monoisotopic (exact) mass is 368 g/mol. The molecule has 0 aromatic rings. The van der Waals surface area contributed by atoms with Crippen molar-refractivity contribution in [2.75, 3.05) is 7.11 Å². The third-order valence-corrected chi connectivity index (χ3v) is 8.17. The molecule has 0 unspecified atom stereocenters. The standard InChI is InChI=1S/C21H36O5/c1-11-7-12-13(17(11)26-6)9-20(4,25)15(22)8-14-19(2,3)10-16(23)21(14,5)18(12)24/h11-17,22-23,25H,7-10H2,1-6H3/t11-,12+,13+,14+,15+,16+,17+,20-,21+/m1/s1. The Kier molecular flexibility index (Phi) is 4.88. The molecule has 0 aliphatic heterocycles. The van der Waals surface area contributed by atoms with Gasteiger partial charge in [-0.15, -0.1) is 0 Å². The summed E-state index contributed by atoms with van der Waals surface area (Å²) in [6.07, 6.45) is 0.145. The van der Waals surface area contributed by atoms with Crippen LogP contribution in [0.25, 0.3) is 0 Å². The van der Waals surface area contributed by atoms with E-state index in [1.165, 1.54) is 0 Å². The van der Waals surface area contributed by atoms with Crippen molar-refractivity contribution in [3.05, 3.63) is 0 Å². The number of hydrogen-bond acceptors (Lipinski definition) is 5. The van der Waals surface area contributed by atoms with Crippen LogP contribution in [-0.4, -0.2) is 52.1 Å². The zero-order valence-corrected chi connectivity index (χ0v) is 17.0. The Morgan fingerprint density at radius 2 is 1.65 bits per heavy atom. The molecule has 0 spiro atoms. The van der Waals surface area contributed by atoms with Crippen molar-refractivity contribution in [2.24, 2.45) is 34.5 Å². The molecule has 3 aliphatic rings. The highest BCUT2D eigenvalue weighted by molar-refractivity contribution is 5.89. The zero-order valence-electron chi connectivity index (χ0n) is 17.0. The van der Waals surface area contributed by atoms with Gasteiger partial charge >= 0.3 is 0 Å². The van der Waals surface area contributed by atoms with Gasteiger partial charge in [-0.3, -0.25) is 4.79 Å². The summed E-state index contributed by atoms with van der Waals surface area (Å²) in [5.41, 5.74) is -2.44. The summed E-state index contributed by atoms with van der Waals surface area (Å²) in [6.45, 7) is 9.76. The molecule has 3 fully saturated rings. The third-order valence-electron chi connectivity index (χ3n) is 8.17. The first kappa shape index (κ1) is 20.2. The molecule has 0 amide bonds. The van der Waals surface area contributed by atoms with E-state index >= 15 is 0 Å². The fourth-order valence-electron chi connectivity index (χ4n) is 6.61. The van der Waals surface area contributed by atoms with Crippen molar-refractivity contribution in [3.8, 4) is 0 Å². The normalized spacial score (nSPS) is 54.2. The SMILES string of the molecule is CO[C@@H]1[C@H]2C[C@@](C)(O)[C@@H](O)C[C@H]3C(C)(C)C[C@H](O)[C@@]3(C)C(=O)[C@H]2C[C@H]1C. The van der Waals surface area contributed by atoms with Gasteiger partial charge in [0.25, 0.3) is 0 Å². The number of aliphatic hydroxyl groups excluding tert-OH is 2. The Morgan fingerprint density at radius 3 is 2.23 bits per heavy atom. The maximum atomic E-state index is 13.8. The molecule has 3 N–H and O–H groups in total. The van der Waals surface area contributed by atoms with Crippen LogP contribution < -0.4 is 0 Å². The molecule has 150 valence electrons. The fraction of sp³-hybridized carbons (Fsp3) is 0.952. The van der Waals surface area contributed by atoms with Gasteiger partial charge in [0.1, 0.15) is 5.78 Å². The molecule has 0 aromatic heterocycles. The largest absolute Gasteiger partial charge is 0.392 e. The van der Waals surface area contributed by atoms with Crippen LogP contribution >= 0.6 is 0 Å². The van der Waals surface area contributed by atoms with Gasteiger partial charge in [-0.25, -0.2) is 0 Å². The van der Waals surface area contributed by atoms with E-state index in [4.69, 9.17) is 4.74 Å². The topological polar surface area (TPSA) is 87.0 Å². The van der Waals surface area contributed by atoms with Gasteiger partial charge in [0.15, 0.2) is 0 Å². The third kappa shape index (κ3) is 2.78. The van der Waals surface area contributed by atoms with Crippen molar-refractivity contribution in [1.82, 2.24) is 0 Å². The van der Waals surface area contributed by atoms with Gasteiger partial charge in [0.05, 0.1) is 29.3 Å². The molecule has 0 radical (unpaired) electrons. The van der Waals surface area contributed by atoms with Crippen molar-refractivity contribution < 1.29 is 24.9 Å². The molecule has 3 saturated carbocycles. The number of fused-ring (bicyclic) bond motifs is 2. The Morgan fingerprint density at radius 1 is 1.04 bits per heavy atom. The van der Waals surface area contributed by atoms with E-state index in [0.717, 1.165) is 0 Å². The Bertz CT molecular complexity index is 571. The molecule has 5 nitrogen and oxygen atoms in total. The van der Waals surface area contributed by atoms with Crippen molar-refractivity contribution in [3.63, 3.8) is 0 Å². The lowest BCUT2D eigenvalue weighted by atomic mass is 9.64. The van der Waals surface area contributed by atoms with E-state index in [1.807, 2.05) is 6.92 Å². The number of carbonyl (C=O) groups excluding carboxylic acids is 1. The van der Waals surface area contributed by atoms with E-state index in [1.54, 1.807) is 14.0 Å². The summed E-state index contributed by atoms with van der Waals surface area (Å²) in [7, 11) is 1.66. The van der Waals surface area contributed by atoms with Gasteiger partial charge in [0, 0.05) is 13.0 Å². The van der Waals surface area contributed by atoms with Crippen LogP contribution in [-0.2, 0) is 9.53 Å². The summed E-state index contributed by atoms with van der Waals surface area (Å²) >= 11 is 0. The minimum atomic E-state index is -1.28. The Labute approximate surface area is 157 Å². The molecule has 3 rings (SSSR count). The summed E-state index contributed by atoms with van der Waals surface area (Å²) < 4.78 is 5.71. The predicted molar refractivity (Wildman–Crippen MR) is 98.4 cm³/mol. The second kappa shape index (κ2) is 6.26. The van der Waals surface area contributed by atoms with Crippen molar-refractivity contribution in [1.29, 1.82) is 0 Å². The second-order valence-electron chi connectivity index (χ2n) is 10.4. The molecule has 26 heavy (non-hydrogen) atoms. The Balaban J connectivity index is 2.12. The second-order valence-corrected chi connectivity index (χ2v) is 10.4. The number of Topliss-reactive ketones (excluding diaryl/α,β-unsaturated/α-hetero) is 1. The lowest BCUT2D eigenvalue weighted by Crippen LogP contribution is -2.47. The van der Waals surface area contributed by atoms with Gasteiger partial charge < -0.3 is 20.1 Å². The number of rotatable bonds is 1. The first-order valence-electron chi connectivity index (χ1n) is 10.0. The summed E-state index contributed by atoms with van der Waals surface area (Å²) in [5.74, 6) is -0.252. The van der Waals surface area contributed by atoms with E-state index in [0.29, 0.717) is 25.7 Å². The van der Waals surface area contributed by atoms with E-state index in [-0.39, 0.29) is 41.0 Å². The quantitative estimate of drug-likeness (QED) is 0.660. The first-order chi connectivity index (χ1) is 11.9. The zero-order chi connectivity index (χ0) is 19.7. The molecule has 5 heteroatoms. The van der Waals surface area contributed by atoms with Crippen molar-refractivity contribution in [2.45, 2.75) is 84.2 Å². The highest BCUT2D eigenvalue weighted by Crippen LogP contribution is 2.60. The van der Waals surface area contributed by atoms with E-state index in [2.05, 4.69) is 20.8 Å². The number of ketones is 1. The van der Waals surface area contributed by atoms with E-state index in [9.17, 15) is 20.1 Å². The summed E-state index contributed by atoms with van der Waals surface area (Å²) in [4.78, 5) is 13.8. The highest BCUT2D eigenvalue weighted by atomic mass is 16.5. The van der Waals surface area contributed by atoms with E-state index < -0.39 is 23.2 Å². The first-order valence-corrected chi connectivity index (χ1v) is 10.0. The molecular formula is C21H36O5. The molecule has 0 bridgehead atoms. The van der Waals surface area contributed by atoms with Gasteiger partial charge in [-0.05, 0) is 62.7 Å².